The van der Waals surface area contributed by atoms with E-state index >= 15 is 0 Å². The molecule has 0 saturated carbocycles. The van der Waals surface area contributed by atoms with E-state index in [1.54, 1.807) is 42.1 Å². The van der Waals surface area contributed by atoms with Gasteiger partial charge in [-0.05, 0) is 24.3 Å². The number of imidazole rings is 1. The third kappa shape index (κ3) is 1.97. The molecule has 0 saturated heterocycles. The van der Waals surface area contributed by atoms with Crippen molar-refractivity contribution in [2.24, 2.45) is 0 Å². The predicted molar refractivity (Wildman–Crippen MR) is 69.3 cm³/mol. The molecule has 5 nitrogen and oxygen atoms in total. The van der Waals surface area contributed by atoms with Gasteiger partial charge in [-0.2, -0.15) is 0 Å². The highest BCUT2D eigenvalue weighted by molar-refractivity contribution is 5.66. The summed E-state index contributed by atoms with van der Waals surface area (Å²) in [4.78, 5) is 4.40. The van der Waals surface area contributed by atoms with Crippen molar-refractivity contribution in [2.45, 2.75) is 0 Å². The third-order valence-electron chi connectivity index (χ3n) is 2.80. The fourth-order valence-electron chi connectivity index (χ4n) is 1.82. The number of hydrogen-bond donors (Lipinski definition) is 1. The molecule has 0 fully saturated rings. The van der Waals surface area contributed by atoms with Gasteiger partial charge in [0.15, 0.2) is 5.65 Å². The van der Waals surface area contributed by atoms with Gasteiger partial charge in [-0.25, -0.2) is 13.9 Å². The molecule has 2 heterocycles. The van der Waals surface area contributed by atoms with Crippen molar-refractivity contribution in [1.29, 1.82) is 0 Å². The zero-order valence-corrected chi connectivity index (χ0v) is 10.2. The van der Waals surface area contributed by atoms with E-state index in [1.807, 2.05) is 0 Å². The van der Waals surface area contributed by atoms with Crippen LogP contribution in [0.25, 0.3) is 16.9 Å². The number of methoxy groups -OCH3 is 1. The number of nitrogen functional groups attached to an aromatic ring is 1. The van der Waals surface area contributed by atoms with E-state index in [0.717, 1.165) is 5.56 Å². The van der Waals surface area contributed by atoms with Crippen LogP contribution in [0.15, 0.2) is 36.5 Å². The van der Waals surface area contributed by atoms with Crippen LogP contribution in [0.4, 0.5) is 10.1 Å². The number of nitrogens with zero attached hydrogens (tertiary/aromatic N) is 3. The molecule has 3 rings (SSSR count). The van der Waals surface area contributed by atoms with Gasteiger partial charge in [0.1, 0.15) is 5.82 Å². The molecule has 2 aromatic heterocycles. The third-order valence-corrected chi connectivity index (χ3v) is 2.80. The average molecular weight is 258 g/mol. The van der Waals surface area contributed by atoms with Gasteiger partial charge in [-0.15, -0.1) is 5.10 Å². The Balaban J connectivity index is 2.11. The highest BCUT2D eigenvalue weighted by Crippen LogP contribution is 2.23. The molecule has 0 aliphatic heterocycles. The monoisotopic (exact) mass is 258 g/mol. The maximum absolute atomic E-state index is 13.1. The van der Waals surface area contributed by atoms with Gasteiger partial charge in [0.2, 0.25) is 5.88 Å². The molecule has 0 spiro atoms. The van der Waals surface area contributed by atoms with Crippen molar-refractivity contribution in [2.75, 3.05) is 12.8 Å². The Kier molecular flexibility index (Phi) is 2.56. The second-order valence-corrected chi connectivity index (χ2v) is 4.04. The molecule has 0 aliphatic carbocycles. The molecular weight excluding hydrogens is 247 g/mol. The summed E-state index contributed by atoms with van der Waals surface area (Å²) in [6, 6.07) is 8.02. The van der Waals surface area contributed by atoms with Crippen LogP contribution < -0.4 is 10.5 Å². The first kappa shape index (κ1) is 11.5. The summed E-state index contributed by atoms with van der Waals surface area (Å²) in [5.41, 5.74) is 7.74. The molecule has 0 amide bonds. The quantitative estimate of drug-likeness (QED) is 0.715. The molecule has 0 radical (unpaired) electrons. The minimum absolute atomic E-state index is 0.0973. The number of ether oxygens (including phenoxy) is 1. The van der Waals surface area contributed by atoms with E-state index in [1.165, 1.54) is 6.07 Å². The SMILES string of the molecule is COc1ccc2nc(-c3ccc(F)c(N)c3)cn2n1. The van der Waals surface area contributed by atoms with Crippen LogP contribution in [0, 0.1) is 5.82 Å². The Bertz CT molecular complexity index is 753. The smallest absolute Gasteiger partial charge is 0.231 e. The van der Waals surface area contributed by atoms with Crippen molar-refractivity contribution in [3.05, 3.63) is 42.3 Å². The number of benzene rings is 1. The molecule has 0 unspecified atom stereocenters. The van der Waals surface area contributed by atoms with Crippen LogP contribution in [0.5, 0.6) is 5.88 Å². The predicted octanol–water partition coefficient (Wildman–Crippen LogP) is 2.13. The average Bonchev–Trinajstić information content (AvgIpc) is 2.84. The van der Waals surface area contributed by atoms with Crippen molar-refractivity contribution in [3.63, 3.8) is 0 Å². The van der Waals surface area contributed by atoms with Crippen LogP contribution >= 0.6 is 0 Å². The van der Waals surface area contributed by atoms with Crippen molar-refractivity contribution in [3.8, 4) is 17.1 Å². The number of fused-ring (bicyclic) bond motifs is 1. The van der Waals surface area contributed by atoms with Gasteiger partial charge < -0.3 is 10.5 Å². The zero-order valence-electron chi connectivity index (χ0n) is 10.2. The number of nitrogens with two attached hydrogens (primary N) is 1. The molecule has 2 N–H and O–H groups in total. The highest BCUT2D eigenvalue weighted by atomic mass is 19.1. The van der Waals surface area contributed by atoms with E-state index in [2.05, 4.69) is 10.1 Å². The summed E-state index contributed by atoms with van der Waals surface area (Å²) in [5.74, 6) is 0.0578. The molecule has 19 heavy (non-hydrogen) atoms. The van der Waals surface area contributed by atoms with Gasteiger partial charge in [0.25, 0.3) is 0 Å². The van der Waals surface area contributed by atoms with Gasteiger partial charge in [0, 0.05) is 11.6 Å². The summed E-state index contributed by atoms with van der Waals surface area (Å²) < 4.78 is 19.8. The van der Waals surface area contributed by atoms with E-state index in [9.17, 15) is 4.39 Å². The lowest BCUT2D eigenvalue weighted by Gasteiger charge is -1.99. The lowest BCUT2D eigenvalue weighted by atomic mass is 10.1. The van der Waals surface area contributed by atoms with Gasteiger partial charge in [-0.1, -0.05) is 0 Å². The van der Waals surface area contributed by atoms with Crippen molar-refractivity contribution >= 4 is 11.3 Å². The molecule has 0 bridgehead atoms. The lowest BCUT2D eigenvalue weighted by Crippen LogP contribution is -1.93. The highest BCUT2D eigenvalue weighted by Gasteiger charge is 2.08. The largest absolute Gasteiger partial charge is 0.480 e. The molecule has 0 atom stereocenters. The van der Waals surface area contributed by atoms with Gasteiger partial charge in [-0.3, -0.25) is 0 Å². The summed E-state index contributed by atoms with van der Waals surface area (Å²) in [5, 5.41) is 4.21. The number of halogens is 1. The summed E-state index contributed by atoms with van der Waals surface area (Å²) in [6.07, 6.45) is 1.74. The Morgan fingerprint density at radius 1 is 1.26 bits per heavy atom. The summed E-state index contributed by atoms with van der Waals surface area (Å²) >= 11 is 0. The van der Waals surface area contributed by atoms with Gasteiger partial charge in [0.05, 0.1) is 24.7 Å². The van der Waals surface area contributed by atoms with Crippen LogP contribution in [-0.2, 0) is 0 Å². The Morgan fingerprint density at radius 3 is 2.84 bits per heavy atom. The number of rotatable bonds is 2. The maximum atomic E-state index is 13.1. The van der Waals surface area contributed by atoms with Crippen LogP contribution in [-0.4, -0.2) is 21.7 Å². The molecular formula is C13H11FN4O. The zero-order chi connectivity index (χ0) is 13.4. The standard InChI is InChI=1S/C13H11FN4O/c1-19-13-5-4-12-16-11(7-18(12)17-13)8-2-3-9(14)10(15)6-8/h2-7H,15H2,1H3. The fraction of sp³-hybridized carbons (Fsp3) is 0.0769. The summed E-state index contributed by atoms with van der Waals surface area (Å²) in [6.45, 7) is 0. The first-order valence-corrected chi connectivity index (χ1v) is 5.63. The van der Waals surface area contributed by atoms with Crippen LogP contribution in [0.2, 0.25) is 0 Å². The van der Waals surface area contributed by atoms with E-state index in [0.29, 0.717) is 17.2 Å². The van der Waals surface area contributed by atoms with Crippen molar-refractivity contribution in [1.82, 2.24) is 14.6 Å². The van der Waals surface area contributed by atoms with Crippen molar-refractivity contribution < 1.29 is 9.13 Å². The Hall–Kier alpha value is -2.63. The van der Waals surface area contributed by atoms with Gasteiger partial charge >= 0.3 is 0 Å². The van der Waals surface area contributed by atoms with E-state index in [4.69, 9.17) is 10.5 Å². The lowest BCUT2D eigenvalue weighted by molar-refractivity contribution is 0.390. The first-order chi connectivity index (χ1) is 9.17. The fourth-order valence-corrected chi connectivity index (χ4v) is 1.82. The van der Waals surface area contributed by atoms with E-state index in [-0.39, 0.29) is 5.69 Å². The second kappa shape index (κ2) is 4.24. The minimum atomic E-state index is -0.438. The molecule has 6 heteroatoms. The molecule has 0 aliphatic rings. The second-order valence-electron chi connectivity index (χ2n) is 4.04. The number of hydrogen-bond acceptors (Lipinski definition) is 4. The summed E-state index contributed by atoms with van der Waals surface area (Å²) in [7, 11) is 1.55. The maximum Gasteiger partial charge on any atom is 0.231 e. The molecule has 1 aromatic carbocycles. The number of anilines is 1. The van der Waals surface area contributed by atoms with E-state index < -0.39 is 5.82 Å². The normalized spacial score (nSPS) is 10.8. The van der Waals surface area contributed by atoms with Crippen LogP contribution in [0.3, 0.4) is 0 Å². The topological polar surface area (TPSA) is 65.4 Å². The first-order valence-electron chi connectivity index (χ1n) is 5.63. The Morgan fingerprint density at radius 2 is 2.11 bits per heavy atom. The molecule has 3 aromatic rings. The van der Waals surface area contributed by atoms with Crippen LogP contribution in [0.1, 0.15) is 0 Å². The minimum Gasteiger partial charge on any atom is -0.480 e. The number of aromatic nitrogens is 3. The molecule has 96 valence electrons. The Labute approximate surface area is 108 Å².